The third kappa shape index (κ3) is 7.40. The fourth-order valence-corrected chi connectivity index (χ4v) is 5.50. The molecule has 1 aliphatic rings. The molecule has 0 bridgehead atoms. The van der Waals surface area contributed by atoms with Crippen molar-refractivity contribution in [2.24, 2.45) is 11.8 Å². The van der Waals surface area contributed by atoms with Gasteiger partial charge in [-0.3, -0.25) is 0 Å². The number of hydrogen-bond acceptors (Lipinski definition) is 0. The molecule has 4 rings (SSSR count). The Hall–Kier alpha value is -2.19. The zero-order chi connectivity index (χ0) is 24.6. The van der Waals surface area contributed by atoms with Gasteiger partial charge in [0.2, 0.25) is 0 Å². The van der Waals surface area contributed by atoms with Gasteiger partial charge in [0.15, 0.2) is 0 Å². The molecule has 1 saturated carbocycles. The van der Waals surface area contributed by atoms with E-state index in [1.165, 1.54) is 93.0 Å². The molecular formula is C32H37ClF2. The van der Waals surface area contributed by atoms with Gasteiger partial charge in [0, 0.05) is 0 Å². The zero-order valence-corrected chi connectivity index (χ0v) is 21.6. The summed E-state index contributed by atoms with van der Waals surface area (Å²) >= 11 is 5.60. The Kier molecular flexibility index (Phi) is 9.38. The second-order valence-electron chi connectivity index (χ2n) is 10.3. The lowest BCUT2D eigenvalue weighted by atomic mass is 9.77. The standard InChI is InChI=1S/C32H37ClF2/c1-2-3-4-23-5-7-24(8-6-23)9-10-25-11-13-26(14-12-25)15-16-27-17-19-28(20-18-27)29-21-30(34)32(33)31(35)22-29/h5-8,17-22,25-26H,2-4,9-16H2,1H3/t25-,26-. The molecule has 3 aromatic rings. The second-order valence-corrected chi connectivity index (χ2v) is 10.7. The lowest BCUT2D eigenvalue weighted by molar-refractivity contribution is 0.253. The van der Waals surface area contributed by atoms with Crippen LogP contribution in [0.15, 0.2) is 60.7 Å². The lowest BCUT2D eigenvalue weighted by Gasteiger charge is -2.28. The van der Waals surface area contributed by atoms with E-state index in [4.69, 9.17) is 11.6 Å². The van der Waals surface area contributed by atoms with Crippen LogP contribution in [0, 0.1) is 23.5 Å². The fraction of sp³-hybridized carbons (Fsp3) is 0.438. The van der Waals surface area contributed by atoms with Gasteiger partial charge < -0.3 is 0 Å². The van der Waals surface area contributed by atoms with Crippen LogP contribution in [0.5, 0.6) is 0 Å². The lowest BCUT2D eigenvalue weighted by Crippen LogP contribution is -2.15. The highest BCUT2D eigenvalue weighted by Gasteiger charge is 2.21. The molecule has 0 aromatic heterocycles. The summed E-state index contributed by atoms with van der Waals surface area (Å²) in [4.78, 5) is 0. The average molecular weight is 495 g/mol. The van der Waals surface area contributed by atoms with Crippen molar-refractivity contribution >= 4 is 11.6 Å². The van der Waals surface area contributed by atoms with E-state index < -0.39 is 16.7 Å². The molecule has 3 heteroatoms. The quantitative estimate of drug-likeness (QED) is 0.246. The van der Waals surface area contributed by atoms with Crippen LogP contribution in [0.25, 0.3) is 11.1 Å². The van der Waals surface area contributed by atoms with Crippen molar-refractivity contribution in [3.05, 3.63) is 94.0 Å². The molecule has 0 saturated heterocycles. The molecule has 35 heavy (non-hydrogen) atoms. The van der Waals surface area contributed by atoms with E-state index in [1.54, 1.807) is 0 Å². The molecule has 0 aliphatic heterocycles. The maximum Gasteiger partial charge on any atom is 0.145 e. The first-order valence-corrected chi connectivity index (χ1v) is 13.7. The Morgan fingerprint density at radius 2 is 1.09 bits per heavy atom. The Balaban J connectivity index is 1.18. The summed E-state index contributed by atoms with van der Waals surface area (Å²) in [7, 11) is 0. The van der Waals surface area contributed by atoms with Crippen molar-refractivity contribution in [1.82, 2.24) is 0 Å². The molecule has 0 radical (unpaired) electrons. The van der Waals surface area contributed by atoms with E-state index in [0.29, 0.717) is 5.56 Å². The predicted octanol–water partition coefficient (Wildman–Crippen LogP) is 10.00. The van der Waals surface area contributed by atoms with Crippen molar-refractivity contribution in [2.45, 2.75) is 77.6 Å². The van der Waals surface area contributed by atoms with E-state index in [2.05, 4.69) is 43.3 Å². The van der Waals surface area contributed by atoms with Crippen molar-refractivity contribution in [2.75, 3.05) is 0 Å². The van der Waals surface area contributed by atoms with Crippen LogP contribution < -0.4 is 0 Å². The monoisotopic (exact) mass is 494 g/mol. The van der Waals surface area contributed by atoms with Crippen LogP contribution in [0.3, 0.4) is 0 Å². The minimum Gasteiger partial charge on any atom is -0.205 e. The Bertz CT molecular complexity index is 1040. The highest BCUT2D eigenvalue weighted by atomic mass is 35.5. The maximum atomic E-state index is 13.8. The minimum absolute atomic E-state index is 0.448. The SMILES string of the molecule is CCCCc1ccc(CC[C@H]2CC[C@H](CCc3ccc(-c4cc(F)c(Cl)c(F)c4)cc3)CC2)cc1. The number of rotatable bonds is 10. The molecule has 0 nitrogen and oxygen atoms in total. The van der Waals surface area contributed by atoms with Crippen molar-refractivity contribution in [1.29, 1.82) is 0 Å². The molecule has 3 aromatic carbocycles. The molecule has 0 N–H and O–H groups in total. The first-order valence-electron chi connectivity index (χ1n) is 13.3. The van der Waals surface area contributed by atoms with Crippen LogP contribution in [-0.2, 0) is 19.3 Å². The third-order valence-electron chi connectivity index (χ3n) is 7.76. The summed E-state index contributed by atoms with van der Waals surface area (Å²) in [5.41, 5.74) is 5.56. The van der Waals surface area contributed by atoms with Gasteiger partial charge in [-0.1, -0.05) is 99.2 Å². The molecule has 1 aliphatic carbocycles. The zero-order valence-electron chi connectivity index (χ0n) is 20.8. The van der Waals surface area contributed by atoms with E-state index in [0.717, 1.165) is 23.8 Å². The predicted molar refractivity (Wildman–Crippen MR) is 144 cm³/mol. The Labute approximate surface area is 214 Å². The molecular weight excluding hydrogens is 458 g/mol. The van der Waals surface area contributed by atoms with Gasteiger partial charge in [-0.05, 0) is 90.3 Å². The van der Waals surface area contributed by atoms with Gasteiger partial charge in [-0.2, -0.15) is 0 Å². The van der Waals surface area contributed by atoms with E-state index in [-0.39, 0.29) is 0 Å². The van der Waals surface area contributed by atoms with Gasteiger partial charge >= 0.3 is 0 Å². The Morgan fingerprint density at radius 1 is 0.657 bits per heavy atom. The van der Waals surface area contributed by atoms with Crippen LogP contribution in [-0.4, -0.2) is 0 Å². The van der Waals surface area contributed by atoms with Gasteiger partial charge in [0.1, 0.15) is 16.7 Å². The number of aryl methyl sites for hydroxylation is 3. The van der Waals surface area contributed by atoms with E-state index in [9.17, 15) is 8.78 Å². The summed E-state index contributed by atoms with van der Waals surface area (Å²) in [6.07, 6.45) is 13.9. The minimum atomic E-state index is -0.721. The van der Waals surface area contributed by atoms with Gasteiger partial charge in [-0.15, -0.1) is 0 Å². The summed E-state index contributed by atoms with van der Waals surface area (Å²) in [6, 6.07) is 20.0. The number of hydrogen-bond donors (Lipinski definition) is 0. The molecule has 0 unspecified atom stereocenters. The molecule has 0 amide bonds. The largest absolute Gasteiger partial charge is 0.205 e. The molecule has 1 fully saturated rings. The summed E-state index contributed by atoms with van der Waals surface area (Å²) in [6.45, 7) is 2.25. The highest BCUT2D eigenvalue weighted by Crippen LogP contribution is 2.34. The normalized spacial score (nSPS) is 18.1. The summed E-state index contributed by atoms with van der Waals surface area (Å²) in [5, 5.41) is -0.448. The topological polar surface area (TPSA) is 0 Å². The number of unbranched alkanes of at least 4 members (excludes halogenated alkanes) is 1. The highest BCUT2D eigenvalue weighted by molar-refractivity contribution is 6.31. The van der Waals surface area contributed by atoms with Crippen LogP contribution in [0.1, 0.15) is 75.0 Å². The molecule has 0 heterocycles. The number of benzene rings is 3. The van der Waals surface area contributed by atoms with Crippen LogP contribution >= 0.6 is 11.6 Å². The first kappa shape index (κ1) is 25.9. The molecule has 186 valence electrons. The van der Waals surface area contributed by atoms with Gasteiger partial charge in [0.05, 0.1) is 0 Å². The third-order valence-corrected chi connectivity index (χ3v) is 8.12. The molecule has 0 atom stereocenters. The average Bonchev–Trinajstić information content (AvgIpc) is 2.89. The maximum absolute atomic E-state index is 13.8. The fourth-order valence-electron chi connectivity index (χ4n) is 5.39. The van der Waals surface area contributed by atoms with E-state index in [1.807, 2.05) is 12.1 Å². The van der Waals surface area contributed by atoms with Crippen molar-refractivity contribution < 1.29 is 8.78 Å². The van der Waals surface area contributed by atoms with Gasteiger partial charge in [0.25, 0.3) is 0 Å². The number of halogens is 3. The second kappa shape index (κ2) is 12.7. The van der Waals surface area contributed by atoms with E-state index >= 15 is 0 Å². The molecule has 0 spiro atoms. The van der Waals surface area contributed by atoms with Crippen LogP contribution in [0.4, 0.5) is 8.78 Å². The first-order chi connectivity index (χ1) is 17.0. The smallest absolute Gasteiger partial charge is 0.145 e. The van der Waals surface area contributed by atoms with Crippen LogP contribution in [0.2, 0.25) is 5.02 Å². The summed E-state index contributed by atoms with van der Waals surface area (Å²) < 4.78 is 27.5. The Morgan fingerprint density at radius 3 is 1.54 bits per heavy atom. The van der Waals surface area contributed by atoms with Crippen molar-refractivity contribution in [3.8, 4) is 11.1 Å². The summed E-state index contributed by atoms with van der Waals surface area (Å²) in [5.74, 6) is 0.233. The van der Waals surface area contributed by atoms with Gasteiger partial charge in [-0.25, -0.2) is 8.78 Å². The van der Waals surface area contributed by atoms with Crippen molar-refractivity contribution in [3.63, 3.8) is 0 Å².